The maximum Gasteiger partial charge on any atom is 0.139 e. The molecule has 1 fully saturated rings. The van der Waals surface area contributed by atoms with E-state index in [-0.39, 0.29) is 0 Å². The summed E-state index contributed by atoms with van der Waals surface area (Å²) in [5, 5.41) is 5.20. The van der Waals surface area contributed by atoms with Crippen LogP contribution in [0.1, 0.15) is 39.0 Å². The van der Waals surface area contributed by atoms with Gasteiger partial charge < -0.3 is 5.32 Å². The zero-order valence-corrected chi connectivity index (χ0v) is 12.5. The highest BCUT2D eigenvalue weighted by Gasteiger charge is 2.21. The molecule has 1 atom stereocenters. The monoisotopic (exact) mass is 289 g/mol. The van der Waals surface area contributed by atoms with Crippen LogP contribution in [0.2, 0.25) is 5.02 Å². The quantitative estimate of drug-likeness (QED) is 0.893. The van der Waals surface area contributed by atoms with Gasteiger partial charge in [0.05, 0.1) is 15.9 Å². The standard InChI is InChI=1S/C16H20ClN3/c1-11(12-6-3-2-4-7-12)20-16-15-13(17)8-5-9-14(15)18-10-19-16/h5,8-12H,2-4,6-7H2,1H3,(H,18,19,20)/t11-/m0/s1. The summed E-state index contributed by atoms with van der Waals surface area (Å²) in [6, 6.07) is 6.21. The maximum atomic E-state index is 6.31. The number of rotatable bonds is 3. The molecule has 4 heteroatoms. The molecule has 0 bridgehead atoms. The van der Waals surface area contributed by atoms with Crippen LogP contribution in [0.15, 0.2) is 24.5 Å². The summed E-state index contributed by atoms with van der Waals surface area (Å²) >= 11 is 6.31. The van der Waals surface area contributed by atoms with Crippen LogP contribution in [0, 0.1) is 5.92 Å². The van der Waals surface area contributed by atoms with E-state index in [0.717, 1.165) is 22.6 Å². The molecule has 0 saturated heterocycles. The summed E-state index contributed by atoms with van der Waals surface area (Å²) in [5.74, 6) is 1.59. The first-order valence-corrected chi connectivity index (χ1v) is 7.79. The molecule has 3 rings (SSSR count). The Labute approximate surface area is 124 Å². The Kier molecular flexibility index (Phi) is 4.06. The second kappa shape index (κ2) is 5.96. The fraction of sp³-hybridized carbons (Fsp3) is 0.500. The van der Waals surface area contributed by atoms with Crippen molar-refractivity contribution in [3.63, 3.8) is 0 Å². The SMILES string of the molecule is C[C@H](Nc1ncnc2cccc(Cl)c12)C1CCCCC1. The van der Waals surface area contributed by atoms with Gasteiger partial charge in [-0.25, -0.2) is 9.97 Å². The van der Waals surface area contributed by atoms with Gasteiger partial charge in [-0.2, -0.15) is 0 Å². The fourth-order valence-corrected chi connectivity index (χ4v) is 3.40. The van der Waals surface area contributed by atoms with Gasteiger partial charge in [0.15, 0.2) is 0 Å². The zero-order valence-electron chi connectivity index (χ0n) is 11.8. The van der Waals surface area contributed by atoms with Crippen molar-refractivity contribution < 1.29 is 0 Å². The van der Waals surface area contributed by atoms with Crippen LogP contribution < -0.4 is 5.32 Å². The third kappa shape index (κ3) is 2.73. The van der Waals surface area contributed by atoms with Gasteiger partial charge in [0.1, 0.15) is 12.1 Å². The Morgan fingerprint density at radius 2 is 2.00 bits per heavy atom. The molecular weight excluding hydrogens is 270 g/mol. The van der Waals surface area contributed by atoms with E-state index in [1.165, 1.54) is 32.1 Å². The minimum absolute atomic E-state index is 0.421. The van der Waals surface area contributed by atoms with Crippen LogP contribution in [0.25, 0.3) is 10.9 Å². The minimum atomic E-state index is 0.421. The smallest absolute Gasteiger partial charge is 0.139 e. The lowest BCUT2D eigenvalue weighted by Gasteiger charge is -2.28. The number of benzene rings is 1. The molecule has 2 aromatic rings. The van der Waals surface area contributed by atoms with Gasteiger partial charge in [-0.1, -0.05) is 36.9 Å². The normalized spacial score (nSPS) is 18.1. The number of nitrogens with zero attached hydrogens (tertiary/aromatic N) is 2. The summed E-state index contributed by atoms with van der Waals surface area (Å²) in [6.45, 7) is 2.25. The van der Waals surface area contributed by atoms with Crippen LogP contribution in [0.5, 0.6) is 0 Å². The third-order valence-corrected chi connectivity index (χ3v) is 4.65. The Hall–Kier alpha value is -1.35. The predicted molar refractivity (Wildman–Crippen MR) is 84.2 cm³/mol. The van der Waals surface area contributed by atoms with Crippen LogP contribution in [-0.4, -0.2) is 16.0 Å². The average Bonchev–Trinajstić information content (AvgIpc) is 2.48. The molecule has 1 aliphatic carbocycles. The summed E-state index contributed by atoms with van der Waals surface area (Å²) in [6.07, 6.45) is 8.31. The number of nitrogens with one attached hydrogen (secondary N) is 1. The molecule has 1 aromatic carbocycles. The molecule has 1 saturated carbocycles. The lowest BCUT2D eigenvalue weighted by Crippen LogP contribution is -2.28. The lowest BCUT2D eigenvalue weighted by atomic mass is 9.84. The molecule has 0 aliphatic heterocycles. The second-order valence-corrected chi connectivity index (χ2v) is 6.09. The predicted octanol–water partition coefficient (Wildman–Crippen LogP) is 4.66. The summed E-state index contributed by atoms with van der Waals surface area (Å²) in [7, 11) is 0. The van der Waals surface area contributed by atoms with E-state index in [2.05, 4.69) is 22.2 Å². The largest absolute Gasteiger partial charge is 0.367 e. The zero-order chi connectivity index (χ0) is 13.9. The Morgan fingerprint density at radius 3 is 2.80 bits per heavy atom. The summed E-state index contributed by atoms with van der Waals surface area (Å²) in [5.41, 5.74) is 0.894. The molecule has 1 aromatic heterocycles. The molecule has 3 nitrogen and oxygen atoms in total. The summed E-state index contributed by atoms with van der Waals surface area (Å²) in [4.78, 5) is 8.68. The van der Waals surface area contributed by atoms with Crippen molar-refractivity contribution >= 4 is 28.3 Å². The van der Waals surface area contributed by atoms with E-state index in [4.69, 9.17) is 11.6 Å². The fourth-order valence-electron chi connectivity index (χ4n) is 3.15. The molecule has 20 heavy (non-hydrogen) atoms. The number of halogens is 1. The Morgan fingerprint density at radius 1 is 1.20 bits per heavy atom. The van der Waals surface area contributed by atoms with Gasteiger partial charge in [-0.15, -0.1) is 0 Å². The third-order valence-electron chi connectivity index (χ3n) is 4.33. The molecule has 0 spiro atoms. The number of fused-ring (bicyclic) bond motifs is 1. The molecular formula is C16H20ClN3. The van der Waals surface area contributed by atoms with E-state index in [9.17, 15) is 0 Å². The first-order valence-electron chi connectivity index (χ1n) is 7.41. The van der Waals surface area contributed by atoms with Crippen LogP contribution in [0.3, 0.4) is 0 Å². The maximum absolute atomic E-state index is 6.31. The first kappa shape index (κ1) is 13.6. The van der Waals surface area contributed by atoms with Crippen LogP contribution in [-0.2, 0) is 0 Å². The Bertz CT molecular complexity index is 588. The van der Waals surface area contributed by atoms with Gasteiger partial charge in [-0.05, 0) is 37.8 Å². The van der Waals surface area contributed by atoms with Gasteiger partial charge >= 0.3 is 0 Å². The molecule has 0 unspecified atom stereocenters. The molecule has 106 valence electrons. The van der Waals surface area contributed by atoms with Crippen LogP contribution in [0.4, 0.5) is 5.82 Å². The minimum Gasteiger partial charge on any atom is -0.367 e. The van der Waals surface area contributed by atoms with E-state index in [0.29, 0.717) is 11.1 Å². The van der Waals surface area contributed by atoms with Gasteiger partial charge in [-0.3, -0.25) is 0 Å². The van der Waals surface area contributed by atoms with Gasteiger partial charge in [0.25, 0.3) is 0 Å². The van der Waals surface area contributed by atoms with E-state index in [1.807, 2.05) is 18.2 Å². The van der Waals surface area contributed by atoms with E-state index < -0.39 is 0 Å². The lowest BCUT2D eigenvalue weighted by molar-refractivity contribution is 0.328. The van der Waals surface area contributed by atoms with Crippen molar-refractivity contribution in [2.24, 2.45) is 5.92 Å². The van der Waals surface area contributed by atoms with E-state index >= 15 is 0 Å². The molecule has 1 N–H and O–H groups in total. The van der Waals surface area contributed by atoms with Crippen molar-refractivity contribution in [2.75, 3.05) is 5.32 Å². The molecule has 1 aliphatic rings. The van der Waals surface area contributed by atoms with Crippen molar-refractivity contribution in [3.05, 3.63) is 29.5 Å². The molecule has 0 radical (unpaired) electrons. The second-order valence-electron chi connectivity index (χ2n) is 5.69. The van der Waals surface area contributed by atoms with Crippen molar-refractivity contribution in [1.82, 2.24) is 9.97 Å². The highest BCUT2D eigenvalue weighted by atomic mass is 35.5. The van der Waals surface area contributed by atoms with Gasteiger partial charge in [0.2, 0.25) is 0 Å². The van der Waals surface area contributed by atoms with Crippen molar-refractivity contribution in [2.45, 2.75) is 45.1 Å². The number of aromatic nitrogens is 2. The highest BCUT2D eigenvalue weighted by Crippen LogP contribution is 2.31. The summed E-state index contributed by atoms with van der Waals surface area (Å²) < 4.78 is 0. The molecule has 1 heterocycles. The Balaban J connectivity index is 1.86. The number of anilines is 1. The molecule has 0 amide bonds. The highest BCUT2D eigenvalue weighted by molar-refractivity contribution is 6.36. The number of hydrogen-bond donors (Lipinski definition) is 1. The first-order chi connectivity index (χ1) is 9.75. The van der Waals surface area contributed by atoms with Crippen molar-refractivity contribution in [1.29, 1.82) is 0 Å². The topological polar surface area (TPSA) is 37.8 Å². The average molecular weight is 290 g/mol. The van der Waals surface area contributed by atoms with Crippen molar-refractivity contribution in [3.8, 4) is 0 Å². The van der Waals surface area contributed by atoms with Crippen LogP contribution >= 0.6 is 11.6 Å². The number of hydrogen-bond acceptors (Lipinski definition) is 3. The van der Waals surface area contributed by atoms with Gasteiger partial charge in [0, 0.05) is 6.04 Å². The van der Waals surface area contributed by atoms with E-state index in [1.54, 1.807) is 6.33 Å².